The maximum Gasteiger partial charge on any atom is 0.223 e. The molecular weight excluding hydrogens is 392 g/mol. The molecule has 0 spiro atoms. The molecule has 0 saturated carbocycles. The number of hydrogen-bond donors (Lipinski definition) is 2. The smallest absolute Gasteiger partial charge is 0.223 e. The van der Waals surface area contributed by atoms with E-state index in [1.807, 2.05) is 47.4 Å². The molecule has 0 radical (unpaired) electrons. The molecule has 0 aliphatic carbocycles. The summed E-state index contributed by atoms with van der Waals surface area (Å²) in [5.74, 6) is 1.95. The Hall–Kier alpha value is -3.16. The van der Waals surface area contributed by atoms with Gasteiger partial charge in [0, 0.05) is 50.7 Å². The number of aromatic nitrogens is 2. The molecule has 0 atom stereocenters. The van der Waals surface area contributed by atoms with E-state index in [2.05, 4.69) is 25.7 Å². The number of likely N-dealkylation sites (tertiary alicyclic amines) is 1. The number of carbonyl (C=O) groups is 2. The molecule has 31 heavy (non-hydrogen) atoms. The van der Waals surface area contributed by atoms with Gasteiger partial charge in [0.15, 0.2) is 11.6 Å². The lowest BCUT2D eigenvalue weighted by molar-refractivity contribution is -0.127. The normalized spacial score (nSPS) is 17.1. The SMILES string of the molecule is O=C(NCCCN1CCCC1=O)C1CCN(c2ccc(Nc3ccccc3)nn2)CC1. The minimum Gasteiger partial charge on any atom is -0.356 e. The standard InChI is InChI=1S/C23H30N6O2/c30-22-8-4-14-29(22)15-5-13-24-23(31)18-11-16-28(17-12-18)21-10-9-20(26-27-21)25-19-6-2-1-3-7-19/h1-3,6-7,9-10,18H,4-5,8,11-17H2,(H,24,31)(H,25,26). The fourth-order valence-corrected chi connectivity index (χ4v) is 4.17. The lowest BCUT2D eigenvalue weighted by atomic mass is 9.96. The monoisotopic (exact) mass is 422 g/mol. The molecule has 2 aliphatic rings. The van der Waals surface area contributed by atoms with Crippen LogP contribution in [0.3, 0.4) is 0 Å². The van der Waals surface area contributed by atoms with E-state index in [9.17, 15) is 9.59 Å². The zero-order valence-electron chi connectivity index (χ0n) is 17.8. The van der Waals surface area contributed by atoms with Crippen molar-refractivity contribution < 1.29 is 9.59 Å². The Morgan fingerprint density at radius 3 is 2.52 bits per heavy atom. The zero-order chi connectivity index (χ0) is 21.5. The Balaban J connectivity index is 1.17. The predicted molar refractivity (Wildman–Crippen MR) is 120 cm³/mol. The fourth-order valence-electron chi connectivity index (χ4n) is 4.17. The Kier molecular flexibility index (Phi) is 6.96. The summed E-state index contributed by atoms with van der Waals surface area (Å²) in [6, 6.07) is 13.8. The van der Waals surface area contributed by atoms with Gasteiger partial charge >= 0.3 is 0 Å². The lowest BCUT2D eigenvalue weighted by Gasteiger charge is -2.31. The van der Waals surface area contributed by atoms with E-state index in [1.165, 1.54) is 0 Å². The van der Waals surface area contributed by atoms with Crippen LogP contribution in [0.15, 0.2) is 42.5 Å². The minimum absolute atomic E-state index is 0.0386. The second-order valence-electron chi connectivity index (χ2n) is 8.16. The fraction of sp³-hybridized carbons (Fsp3) is 0.478. The van der Waals surface area contributed by atoms with Crippen LogP contribution in [0.1, 0.15) is 32.1 Å². The Morgan fingerprint density at radius 1 is 1.03 bits per heavy atom. The van der Waals surface area contributed by atoms with Crippen molar-refractivity contribution in [3.63, 3.8) is 0 Å². The maximum absolute atomic E-state index is 12.5. The summed E-state index contributed by atoms with van der Waals surface area (Å²) in [4.78, 5) is 28.2. The predicted octanol–water partition coefficient (Wildman–Crippen LogP) is 2.57. The van der Waals surface area contributed by atoms with Crippen molar-refractivity contribution in [3.8, 4) is 0 Å². The molecule has 2 N–H and O–H groups in total. The maximum atomic E-state index is 12.5. The van der Waals surface area contributed by atoms with E-state index < -0.39 is 0 Å². The number of rotatable bonds is 8. The first-order chi connectivity index (χ1) is 15.2. The van der Waals surface area contributed by atoms with Gasteiger partial charge in [0.25, 0.3) is 0 Å². The Bertz CT molecular complexity index is 865. The van der Waals surface area contributed by atoms with E-state index >= 15 is 0 Å². The van der Waals surface area contributed by atoms with Crippen molar-refractivity contribution in [2.45, 2.75) is 32.1 Å². The first-order valence-electron chi connectivity index (χ1n) is 11.2. The van der Waals surface area contributed by atoms with Crippen molar-refractivity contribution >= 4 is 29.1 Å². The van der Waals surface area contributed by atoms with Crippen molar-refractivity contribution in [1.29, 1.82) is 0 Å². The summed E-state index contributed by atoms with van der Waals surface area (Å²) in [6.45, 7) is 3.81. The average Bonchev–Trinajstić information content (AvgIpc) is 3.22. The van der Waals surface area contributed by atoms with Crippen LogP contribution in [0.2, 0.25) is 0 Å². The van der Waals surface area contributed by atoms with E-state index in [0.717, 1.165) is 63.4 Å². The second-order valence-corrected chi connectivity index (χ2v) is 8.16. The van der Waals surface area contributed by atoms with Crippen molar-refractivity contribution in [3.05, 3.63) is 42.5 Å². The molecule has 3 heterocycles. The first-order valence-corrected chi connectivity index (χ1v) is 11.2. The largest absolute Gasteiger partial charge is 0.356 e. The van der Waals surface area contributed by atoms with Gasteiger partial charge in [-0.1, -0.05) is 18.2 Å². The number of anilines is 3. The van der Waals surface area contributed by atoms with Gasteiger partial charge in [-0.3, -0.25) is 9.59 Å². The minimum atomic E-state index is 0.0386. The highest BCUT2D eigenvalue weighted by Crippen LogP contribution is 2.23. The van der Waals surface area contributed by atoms with Gasteiger partial charge in [0.2, 0.25) is 11.8 Å². The van der Waals surface area contributed by atoms with Gasteiger partial charge in [0.1, 0.15) is 0 Å². The molecule has 0 unspecified atom stereocenters. The number of amides is 2. The van der Waals surface area contributed by atoms with Crippen molar-refractivity contribution in [2.24, 2.45) is 5.92 Å². The third kappa shape index (κ3) is 5.71. The molecule has 0 bridgehead atoms. The van der Waals surface area contributed by atoms with E-state index in [4.69, 9.17) is 0 Å². The third-order valence-electron chi connectivity index (χ3n) is 5.96. The molecule has 2 amide bonds. The van der Waals surface area contributed by atoms with Crippen LogP contribution in [0.25, 0.3) is 0 Å². The molecule has 8 heteroatoms. The highest BCUT2D eigenvalue weighted by molar-refractivity contribution is 5.79. The molecule has 2 saturated heterocycles. The van der Waals surface area contributed by atoms with E-state index in [0.29, 0.717) is 18.8 Å². The molecule has 4 rings (SSSR count). The van der Waals surface area contributed by atoms with Crippen LogP contribution < -0.4 is 15.5 Å². The molecule has 2 aliphatic heterocycles. The number of benzene rings is 1. The molecule has 8 nitrogen and oxygen atoms in total. The molecule has 1 aromatic heterocycles. The molecule has 164 valence electrons. The number of nitrogens with one attached hydrogen (secondary N) is 2. The number of para-hydroxylation sites is 1. The summed E-state index contributed by atoms with van der Waals surface area (Å²) in [5.41, 5.74) is 0.975. The zero-order valence-corrected chi connectivity index (χ0v) is 17.8. The number of carbonyl (C=O) groups excluding carboxylic acids is 2. The van der Waals surface area contributed by atoms with Crippen LogP contribution in [-0.4, -0.2) is 59.6 Å². The summed E-state index contributed by atoms with van der Waals surface area (Å²) < 4.78 is 0. The Morgan fingerprint density at radius 2 is 1.84 bits per heavy atom. The second kappa shape index (κ2) is 10.2. The summed E-state index contributed by atoms with van der Waals surface area (Å²) in [7, 11) is 0. The van der Waals surface area contributed by atoms with Crippen LogP contribution in [-0.2, 0) is 9.59 Å². The van der Waals surface area contributed by atoms with E-state index in [-0.39, 0.29) is 17.7 Å². The van der Waals surface area contributed by atoms with Gasteiger partial charge in [-0.15, -0.1) is 10.2 Å². The first kappa shape index (κ1) is 21.1. The number of piperidine rings is 1. The van der Waals surface area contributed by atoms with Gasteiger partial charge in [-0.2, -0.15) is 0 Å². The highest BCUT2D eigenvalue weighted by atomic mass is 16.2. The molecule has 2 aromatic rings. The van der Waals surface area contributed by atoms with Gasteiger partial charge < -0.3 is 20.4 Å². The lowest BCUT2D eigenvalue weighted by Crippen LogP contribution is -2.41. The Labute approximate surface area is 183 Å². The van der Waals surface area contributed by atoms with Crippen LogP contribution in [0, 0.1) is 5.92 Å². The van der Waals surface area contributed by atoms with Crippen molar-refractivity contribution in [1.82, 2.24) is 20.4 Å². The van der Waals surface area contributed by atoms with Crippen molar-refractivity contribution in [2.75, 3.05) is 42.9 Å². The summed E-state index contributed by atoms with van der Waals surface area (Å²) >= 11 is 0. The van der Waals surface area contributed by atoms with Crippen LogP contribution in [0.5, 0.6) is 0 Å². The molecule has 2 fully saturated rings. The van der Waals surface area contributed by atoms with Crippen LogP contribution >= 0.6 is 0 Å². The average molecular weight is 423 g/mol. The summed E-state index contributed by atoms with van der Waals surface area (Å²) in [5, 5.41) is 14.9. The molecule has 1 aromatic carbocycles. The quantitative estimate of drug-likeness (QED) is 0.636. The van der Waals surface area contributed by atoms with Gasteiger partial charge in [-0.25, -0.2) is 0 Å². The van der Waals surface area contributed by atoms with E-state index in [1.54, 1.807) is 0 Å². The third-order valence-corrected chi connectivity index (χ3v) is 5.96. The van der Waals surface area contributed by atoms with Gasteiger partial charge in [0.05, 0.1) is 0 Å². The summed E-state index contributed by atoms with van der Waals surface area (Å²) in [6.07, 6.45) is 4.06. The topological polar surface area (TPSA) is 90.5 Å². The van der Waals surface area contributed by atoms with Crippen LogP contribution in [0.4, 0.5) is 17.3 Å². The van der Waals surface area contributed by atoms with Gasteiger partial charge in [-0.05, 0) is 49.9 Å². The molecular formula is C23H30N6O2. The number of hydrogen-bond acceptors (Lipinski definition) is 6. The number of nitrogens with zero attached hydrogens (tertiary/aromatic N) is 4. The highest BCUT2D eigenvalue weighted by Gasteiger charge is 2.26.